The van der Waals surface area contributed by atoms with E-state index in [1.807, 2.05) is 25.1 Å². The number of rotatable bonds is 4. The highest BCUT2D eigenvalue weighted by Crippen LogP contribution is 2.30. The van der Waals surface area contributed by atoms with Crippen LogP contribution in [0.15, 0.2) is 18.2 Å². The Balaban J connectivity index is 1.93. The fourth-order valence-corrected chi connectivity index (χ4v) is 2.80. The Morgan fingerprint density at radius 2 is 1.81 bits per heavy atom. The van der Waals surface area contributed by atoms with Crippen molar-refractivity contribution in [1.29, 1.82) is 0 Å². The van der Waals surface area contributed by atoms with Gasteiger partial charge >= 0.3 is 5.97 Å². The van der Waals surface area contributed by atoms with Crippen LogP contribution in [0, 0.1) is 18.8 Å². The van der Waals surface area contributed by atoms with Crippen molar-refractivity contribution in [2.24, 2.45) is 11.8 Å². The van der Waals surface area contributed by atoms with E-state index in [2.05, 4.69) is 5.32 Å². The summed E-state index contributed by atoms with van der Waals surface area (Å²) in [6, 6.07) is 5.51. The highest BCUT2D eigenvalue weighted by atomic mass is 16.5. The summed E-state index contributed by atoms with van der Waals surface area (Å²) in [5.41, 5.74) is 1.71. The van der Waals surface area contributed by atoms with Crippen molar-refractivity contribution < 1.29 is 19.4 Å². The zero-order valence-corrected chi connectivity index (χ0v) is 12.4. The highest BCUT2D eigenvalue weighted by molar-refractivity contribution is 5.92. The van der Waals surface area contributed by atoms with Crippen LogP contribution in [-0.2, 0) is 9.59 Å². The Morgan fingerprint density at radius 1 is 1.19 bits per heavy atom. The van der Waals surface area contributed by atoms with Crippen molar-refractivity contribution in [3.63, 3.8) is 0 Å². The van der Waals surface area contributed by atoms with Crippen molar-refractivity contribution in [2.45, 2.75) is 32.6 Å². The molecule has 0 spiro atoms. The number of methoxy groups -OCH3 is 1. The molecule has 1 aliphatic carbocycles. The molecule has 1 fully saturated rings. The molecule has 21 heavy (non-hydrogen) atoms. The van der Waals surface area contributed by atoms with Crippen LogP contribution < -0.4 is 10.1 Å². The Kier molecular flexibility index (Phi) is 4.83. The number of carboxylic acid groups (broad SMARTS) is 1. The van der Waals surface area contributed by atoms with E-state index in [1.165, 1.54) is 0 Å². The van der Waals surface area contributed by atoms with E-state index in [4.69, 9.17) is 9.84 Å². The smallest absolute Gasteiger partial charge is 0.306 e. The minimum atomic E-state index is -0.750. The number of ether oxygens (including phenoxy) is 1. The van der Waals surface area contributed by atoms with Gasteiger partial charge in [0.05, 0.1) is 13.0 Å². The molecular formula is C16H21NO4. The first-order valence-corrected chi connectivity index (χ1v) is 7.19. The van der Waals surface area contributed by atoms with Gasteiger partial charge in [-0.3, -0.25) is 9.59 Å². The minimum absolute atomic E-state index is 0.0246. The lowest BCUT2D eigenvalue weighted by molar-refractivity contribution is -0.143. The second-order valence-corrected chi connectivity index (χ2v) is 5.56. The zero-order chi connectivity index (χ0) is 15.4. The quantitative estimate of drug-likeness (QED) is 0.894. The van der Waals surface area contributed by atoms with Gasteiger partial charge in [-0.05, 0) is 56.4 Å². The summed E-state index contributed by atoms with van der Waals surface area (Å²) < 4.78 is 5.19. The number of carbonyl (C=O) groups is 2. The monoisotopic (exact) mass is 291 g/mol. The zero-order valence-electron chi connectivity index (χ0n) is 12.4. The number of aliphatic carboxylic acids is 1. The molecule has 0 saturated heterocycles. The number of aryl methyl sites for hydroxylation is 1. The Morgan fingerprint density at radius 3 is 2.33 bits per heavy atom. The molecule has 1 amide bonds. The van der Waals surface area contributed by atoms with Crippen LogP contribution >= 0.6 is 0 Å². The number of hydrogen-bond donors (Lipinski definition) is 2. The van der Waals surface area contributed by atoms with Crippen LogP contribution in [0.5, 0.6) is 5.75 Å². The maximum absolute atomic E-state index is 12.2. The van der Waals surface area contributed by atoms with E-state index in [1.54, 1.807) is 7.11 Å². The second kappa shape index (κ2) is 6.61. The van der Waals surface area contributed by atoms with Gasteiger partial charge < -0.3 is 15.2 Å². The van der Waals surface area contributed by atoms with Crippen molar-refractivity contribution in [1.82, 2.24) is 0 Å². The second-order valence-electron chi connectivity index (χ2n) is 5.56. The van der Waals surface area contributed by atoms with Gasteiger partial charge in [-0.1, -0.05) is 0 Å². The number of carboxylic acids is 1. The molecule has 1 saturated carbocycles. The summed E-state index contributed by atoms with van der Waals surface area (Å²) in [5.74, 6) is -0.377. The number of carbonyl (C=O) groups excluding carboxylic acids is 1. The van der Waals surface area contributed by atoms with E-state index < -0.39 is 5.97 Å². The number of anilines is 1. The van der Waals surface area contributed by atoms with E-state index in [9.17, 15) is 9.59 Å². The Bertz CT molecular complexity index is 533. The van der Waals surface area contributed by atoms with Crippen LogP contribution in [0.1, 0.15) is 31.2 Å². The summed E-state index contributed by atoms with van der Waals surface area (Å²) >= 11 is 0. The average Bonchev–Trinajstić information content (AvgIpc) is 2.47. The molecule has 1 aromatic rings. The maximum Gasteiger partial charge on any atom is 0.306 e. The molecule has 0 atom stereocenters. The fourth-order valence-electron chi connectivity index (χ4n) is 2.80. The number of amides is 1. The Hall–Kier alpha value is -2.04. The topological polar surface area (TPSA) is 75.6 Å². The lowest BCUT2D eigenvalue weighted by atomic mass is 9.81. The molecule has 0 heterocycles. The van der Waals surface area contributed by atoms with Crippen LogP contribution in [0.3, 0.4) is 0 Å². The number of nitrogens with one attached hydrogen (secondary N) is 1. The van der Waals surface area contributed by atoms with Crippen LogP contribution in [-0.4, -0.2) is 24.1 Å². The van der Waals surface area contributed by atoms with Crippen LogP contribution in [0.25, 0.3) is 0 Å². The van der Waals surface area contributed by atoms with Gasteiger partial charge in [0, 0.05) is 11.6 Å². The summed E-state index contributed by atoms with van der Waals surface area (Å²) in [5, 5.41) is 11.9. The van der Waals surface area contributed by atoms with Gasteiger partial charge in [-0.15, -0.1) is 0 Å². The molecule has 0 unspecified atom stereocenters. The maximum atomic E-state index is 12.2. The molecule has 0 bridgehead atoms. The fraction of sp³-hybridized carbons (Fsp3) is 0.500. The van der Waals surface area contributed by atoms with Gasteiger partial charge in [-0.2, -0.15) is 0 Å². The molecule has 2 N–H and O–H groups in total. The van der Waals surface area contributed by atoms with E-state index in [0.29, 0.717) is 25.7 Å². The largest absolute Gasteiger partial charge is 0.496 e. The van der Waals surface area contributed by atoms with Gasteiger partial charge in [-0.25, -0.2) is 0 Å². The summed E-state index contributed by atoms with van der Waals surface area (Å²) in [7, 11) is 1.61. The highest BCUT2D eigenvalue weighted by Gasteiger charge is 2.29. The van der Waals surface area contributed by atoms with E-state index in [0.717, 1.165) is 17.0 Å². The molecule has 2 rings (SSSR count). The third kappa shape index (κ3) is 3.74. The van der Waals surface area contributed by atoms with Gasteiger partial charge in [0.2, 0.25) is 5.91 Å². The molecule has 114 valence electrons. The summed E-state index contributed by atoms with van der Waals surface area (Å²) in [6.45, 7) is 1.92. The molecule has 0 aliphatic heterocycles. The standard InChI is InChI=1S/C16H21NO4/c1-10-9-13(7-8-14(10)21-2)17-15(18)11-3-5-12(6-4-11)16(19)20/h7-9,11-12H,3-6H2,1-2H3,(H,17,18)(H,19,20). The van der Waals surface area contributed by atoms with Crippen LogP contribution in [0.4, 0.5) is 5.69 Å². The van der Waals surface area contributed by atoms with Crippen molar-refractivity contribution in [3.8, 4) is 5.75 Å². The molecule has 1 aromatic carbocycles. The molecule has 5 nitrogen and oxygen atoms in total. The summed E-state index contributed by atoms with van der Waals surface area (Å²) in [6.07, 6.45) is 2.43. The lowest BCUT2D eigenvalue weighted by Crippen LogP contribution is -2.29. The van der Waals surface area contributed by atoms with Gasteiger partial charge in [0.1, 0.15) is 5.75 Å². The van der Waals surface area contributed by atoms with Crippen molar-refractivity contribution in [2.75, 3.05) is 12.4 Å². The SMILES string of the molecule is COc1ccc(NC(=O)C2CCC(C(=O)O)CC2)cc1C. The average molecular weight is 291 g/mol. The van der Waals surface area contributed by atoms with Gasteiger partial charge in [0.25, 0.3) is 0 Å². The van der Waals surface area contributed by atoms with Crippen LogP contribution in [0.2, 0.25) is 0 Å². The lowest BCUT2D eigenvalue weighted by Gasteiger charge is -2.25. The molecule has 5 heteroatoms. The molecule has 1 aliphatic rings. The molecule has 0 radical (unpaired) electrons. The minimum Gasteiger partial charge on any atom is -0.496 e. The first kappa shape index (κ1) is 15.4. The predicted molar refractivity (Wildman–Crippen MR) is 79.4 cm³/mol. The molecule has 0 aromatic heterocycles. The third-order valence-corrected chi connectivity index (χ3v) is 4.11. The number of benzene rings is 1. The first-order chi connectivity index (χ1) is 10.0. The Labute approximate surface area is 124 Å². The van der Waals surface area contributed by atoms with Crippen molar-refractivity contribution >= 4 is 17.6 Å². The summed E-state index contributed by atoms with van der Waals surface area (Å²) in [4.78, 5) is 23.1. The predicted octanol–water partition coefficient (Wildman–Crippen LogP) is 2.83. The first-order valence-electron chi connectivity index (χ1n) is 7.19. The molecular weight excluding hydrogens is 270 g/mol. The van der Waals surface area contributed by atoms with E-state index >= 15 is 0 Å². The normalized spacial score (nSPS) is 21.6. The number of hydrogen-bond acceptors (Lipinski definition) is 3. The van der Waals surface area contributed by atoms with Crippen molar-refractivity contribution in [3.05, 3.63) is 23.8 Å². The third-order valence-electron chi connectivity index (χ3n) is 4.11. The van der Waals surface area contributed by atoms with E-state index in [-0.39, 0.29) is 17.7 Å². The van der Waals surface area contributed by atoms with Gasteiger partial charge in [0.15, 0.2) is 0 Å².